The predicted octanol–water partition coefficient (Wildman–Crippen LogP) is 3.92. The second kappa shape index (κ2) is 11.4. The van der Waals surface area contributed by atoms with E-state index in [0.29, 0.717) is 12.8 Å². The highest BCUT2D eigenvalue weighted by atomic mass is 16.4. The average Bonchev–Trinajstić information content (AvgIpc) is 2.81. The molecular weight excluding hydrogens is 404 g/mol. The third kappa shape index (κ3) is 7.02. The summed E-state index contributed by atoms with van der Waals surface area (Å²) >= 11 is 0. The van der Waals surface area contributed by atoms with Gasteiger partial charge < -0.3 is 10.2 Å². The smallest absolute Gasteiger partial charge is 0.328 e. The molecule has 0 radical (unpaired) electrons. The lowest BCUT2D eigenvalue weighted by Gasteiger charge is -2.08. The molecular formula is C26H24N2O4. The largest absolute Gasteiger partial charge is 0.480 e. The molecule has 0 spiro atoms. The Hall–Kier alpha value is -4.06. The number of aliphatic carboxylic acids is 2. The Morgan fingerprint density at radius 2 is 0.969 bits per heavy atom. The van der Waals surface area contributed by atoms with Gasteiger partial charge in [0.2, 0.25) is 0 Å². The molecule has 0 heterocycles. The van der Waals surface area contributed by atoms with Crippen LogP contribution in [0.2, 0.25) is 0 Å². The summed E-state index contributed by atoms with van der Waals surface area (Å²) in [5.41, 5.74) is 3.32. The van der Waals surface area contributed by atoms with Gasteiger partial charge in [0, 0.05) is 25.3 Å². The monoisotopic (exact) mass is 428 g/mol. The standard InChI is InChI=1S/C26H24N2O4/c29-25(30)23(15-19-7-3-1-4-8-19)27-17-21-11-13-22(14-12-21)18-28-24(26(31)32)16-20-9-5-2-6-10-20/h1-14,17-18,23-24H,15-16H2,(H,29,30)(H,31,32)/t23-,24-/m0/s1. The fourth-order valence-corrected chi connectivity index (χ4v) is 3.10. The maximum Gasteiger partial charge on any atom is 0.328 e. The summed E-state index contributed by atoms with van der Waals surface area (Å²) in [5.74, 6) is -1.96. The lowest BCUT2D eigenvalue weighted by atomic mass is 10.1. The maximum absolute atomic E-state index is 11.5. The van der Waals surface area contributed by atoms with E-state index in [4.69, 9.17) is 0 Å². The zero-order valence-electron chi connectivity index (χ0n) is 17.4. The first kappa shape index (κ1) is 22.6. The van der Waals surface area contributed by atoms with Gasteiger partial charge >= 0.3 is 11.9 Å². The fourth-order valence-electron chi connectivity index (χ4n) is 3.10. The minimum absolute atomic E-state index is 0.315. The summed E-state index contributed by atoms with van der Waals surface area (Å²) in [6, 6.07) is 24.2. The zero-order chi connectivity index (χ0) is 22.8. The molecule has 0 fully saturated rings. The van der Waals surface area contributed by atoms with Crippen molar-refractivity contribution in [1.82, 2.24) is 0 Å². The van der Waals surface area contributed by atoms with Gasteiger partial charge in [0.25, 0.3) is 0 Å². The lowest BCUT2D eigenvalue weighted by Crippen LogP contribution is -2.21. The van der Waals surface area contributed by atoms with Crippen LogP contribution in [0.25, 0.3) is 0 Å². The van der Waals surface area contributed by atoms with Crippen LogP contribution >= 0.6 is 0 Å². The van der Waals surface area contributed by atoms with Crippen molar-refractivity contribution in [2.24, 2.45) is 9.98 Å². The molecule has 0 aliphatic carbocycles. The first-order valence-electron chi connectivity index (χ1n) is 10.2. The highest BCUT2D eigenvalue weighted by molar-refractivity contribution is 5.87. The normalized spacial score (nSPS) is 13.2. The van der Waals surface area contributed by atoms with Crippen molar-refractivity contribution >= 4 is 24.4 Å². The minimum Gasteiger partial charge on any atom is -0.480 e. The van der Waals surface area contributed by atoms with Crippen LogP contribution in [0.5, 0.6) is 0 Å². The molecule has 0 aliphatic rings. The van der Waals surface area contributed by atoms with E-state index >= 15 is 0 Å². The Morgan fingerprint density at radius 3 is 1.28 bits per heavy atom. The highest BCUT2D eigenvalue weighted by Gasteiger charge is 2.16. The number of benzene rings is 3. The topological polar surface area (TPSA) is 99.3 Å². The summed E-state index contributed by atoms with van der Waals surface area (Å²) < 4.78 is 0. The van der Waals surface area contributed by atoms with Crippen molar-refractivity contribution in [3.8, 4) is 0 Å². The Labute approximate surface area is 186 Å². The van der Waals surface area contributed by atoms with Crippen LogP contribution in [-0.2, 0) is 22.4 Å². The van der Waals surface area contributed by atoms with Gasteiger partial charge in [-0.25, -0.2) is 9.59 Å². The Kier molecular flexibility index (Phi) is 8.03. The molecule has 0 saturated carbocycles. The van der Waals surface area contributed by atoms with Crippen molar-refractivity contribution in [2.75, 3.05) is 0 Å². The van der Waals surface area contributed by atoms with Crippen LogP contribution in [0, 0.1) is 0 Å². The molecule has 6 heteroatoms. The van der Waals surface area contributed by atoms with Crippen molar-refractivity contribution in [2.45, 2.75) is 24.9 Å². The van der Waals surface area contributed by atoms with Gasteiger partial charge in [-0.3, -0.25) is 9.98 Å². The molecule has 0 unspecified atom stereocenters. The number of carboxylic acid groups (broad SMARTS) is 2. The molecule has 3 aromatic carbocycles. The lowest BCUT2D eigenvalue weighted by molar-refractivity contribution is -0.139. The summed E-state index contributed by atoms with van der Waals surface area (Å²) in [6.45, 7) is 0. The molecule has 0 bridgehead atoms. The van der Waals surface area contributed by atoms with Crippen molar-refractivity contribution in [3.05, 3.63) is 107 Å². The number of nitrogens with zero attached hydrogens (tertiary/aromatic N) is 2. The Bertz CT molecular complexity index is 989. The van der Waals surface area contributed by atoms with E-state index in [1.54, 1.807) is 24.3 Å². The van der Waals surface area contributed by atoms with E-state index in [0.717, 1.165) is 22.3 Å². The van der Waals surface area contributed by atoms with Crippen LogP contribution in [-0.4, -0.2) is 46.7 Å². The quantitative estimate of drug-likeness (QED) is 0.478. The van der Waals surface area contributed by atoms with Crippen molar-refractivity contribution < 1.29 is 19.8 Å². The minimum atomic E-state index is -0.980. The number of carbonyl (C=O) groups is 2. The number of hydrogen-bond acceptors (Lipinski definition) is 4. The number of carboxylic acids is 2. The van der Waals surface area contributed by atoms with Crippen LogP contribution in [0.3, 0.4) is 0 Å². The molecule has 0 aromatic heterocycles. The molecule has 3 aromatic rings. The second-order valence-corrected chi connectivity index (χ2v) is 7.31. The molecule has 0 saturated heterocycles. The van der Waals surface area contributed by atoms with Gasteiger partial charge in [-0.15, -0.1) is 0 Å². The maximum atomic E-state index is 11.5. The fraction of sp³-hybridized carbons (Fsp3) is 0.154. The van der Waals surface area contributed by atoms with E-state index in [-0.39, 0.29) is 0 Å². The van der Waals surface area contributed by atoms with E-state index in [2.05, 4.69) is 9.98 Å². The van der Waals surface area contributed by atoms with Gasteiger partial charge in [-0.05, 0) is 22.3 Å². The summed E-state index contributed by atoms with van der Waals surface area (Å²) in [7, 11) is 0. The summed E-state index contributed by atoms with van der Waals surface area (Å²) in [6.07, 6.45) is 3.71. The zero-order valence-corrected chi connectivity index (χ0v) is 17.4. The van der Waals surface area contributed by atoms with Crippen LogP contribution in [0.4, 0.5) is 0 Å². The molecule has 2 N–H and O–H groups in total. The van der Waals surface area contributed by atoms with Crippen molar-refractivity contribution in [1.29, 1.82) is 0 Å². The van der Waals surface area contributed by atoms with E-state index in [1.165, 1.54) is 12.4 Å². The van der Waals surface area contributed by atoms with Gasteiger partial charge in [0.15, 0.2) is 12.1 Å². The molecule has 2 atom stereocenters. The molecule has 162 valence electrons. The van der Waals surface area contributed by atoms with Gasteiger partial charge in [0.05, 0.1) is 0 Å². The Morgan fingerprint density at radius 1 is 0.625 bits per heavy atom. The van der Waals surface area contributed by atoms with Gasteiger partial charge in [-0.1, -0.05) is 84.9 Å². The molecule has 0 amide bonds. The summed E-state index contributed by atoms with van der Waals surface area (Å²) in [4.78, 5) is 31.5. The first-order valence-corrected chi connectivity index (χ1v) is 10.2. The SMILES string of the molecule is O=C(O)[C@H](Cc1ccccc1)N=Cc1ccc(C=N[C@@H](Cc2ccccc2)C(=O)O)cc1. The number of hydrogen-bond donors (Lipinski definition) is 2. The van der Waals surface area contributed by atoms with Crippen molar-refractivity contribution in [3.63, 3.8) is 0 Å². The van der Waals surface area contributed by atoms with Crippen LogP contribution in [0.15, 0.2) is 94.9 Å². The Balaban J connectivity index is 1.64. The van der Waals surface area contributed by atoms with Crippen LogP contribution in [0.1, 0.15) is 22.3 Å². The first-order chi connectivity index (χ1) is 15.5. The van der Waals surface area contributed by atoms with E-state index in [9.17, 15) is 19.8 Å². The highest BCUT2D eigenvalue weighted by Crippen LogP contribution is 2.09. The third-order valence-electron chi connectivity index (χ3n) is 4.86. The van der Waals surface area contributed by atoms with Crippen LogP contribution < -0.4 is 0 Å². The second-order valence-electron chi connectivity index (χ2n) is 7.31. The van der Waals surface area contributed by atoms with E-state index < -0.39 is 24.0 Å². The predicted molar refractivity (Wildman–Crippen MR) is 125 cm³/mol. The van der Waals surface area contributed by atoms with Gasteiger partial charge in [-0.2, -0.15) is 0 Å². The summed E-state index contributed by atoms with van der Waals surface area (Å²) in [5, 5.41) is 18.9. The average molecular weight is 428 g/mol. The van der Waals surface area contributed by atoms with E-state index in [1.807, 2.05) is 60.7 Å². The molecule has 6 nitrogen and oxygen atoms in total. The molecule has 0 aliphatic heterocycles. The number of aliphatic imine (C=N–C) groups is 2. The van der Waals surface area contributed by atoms with Gasteiger partial charge in [0.1, 0.15) is 0 Å². The number of rotatable bonds is 10. The molecule has 3 rings (SSSR count). The third-order valence-corrected chi connectivity index (χ3v) is 4.86. The molecule has 32 heavy (non-hydrogen) atoms.